The second-order valence-electron chi connectivity index (χ2n) is 3.02. The topological polar surface area (TPSA) is 36.4 Å². The number of hydrogen-bond donors (Lipinski definition) is 1. The second-order valence-corrected chi connectivity index (χ2v) is 4.31. The number of halogens is 2. The number of aliphatic hydroxyl groups is 1. The number of β-amino-alcohol motifs (C(OH)–C–C–N with tert-alkyl or cyclic N) is 1. The third-order valence-electron chi connectivity index (χ3n) is 1.95. The molecule has 0 radical (unpaired) electrons. The Morgan fingerprint density at radius 2 is 2.31 bits per heavy atom. The van der Waals surface area contributed by atoms with E-state index in [4.69, 9.17) is 16.7 Å². The van der Waals surface area contributed by atoms with Crippen molar-refractivity contribution in [3.8, 4) is 0 Å². The minimum Gasteiger partial charge on any atom is -0.389 e. The molecule has 3 nitrogen and oxygen atoms in total. The lowest BCUT2D eigenvalue weighted by Crippen LogP contribution is -2.51. The summed E-state index contributed by atoms with van der Waals surface area (Å²) in [6.07, 6.45) is 1.39. The van der Waals surface area contributed by atoms with E-state index < -0.39 is 0 Å². The van der Waals surface area contributed by atoms with Gasteiger partial charge in [0, 0.05) is 19.3 Å². The molecular formula is C8H8BrClN2O. The largest absolute Gasteiger partial charge is 0.389 e. The summed E-state index contributed by atoms with van der Waals surface area (Å²) in [5, 5.41) is 9.72. The fraction of sp³-hybridized carbons (Fsp3) is 0.375. The van der Waals surface area contributed by atoms with Gasteiger partial charge in [-0.3, -0.25) is 0 Å². The van der Waals surface area contributed by atoms with Crippen molar-refractivity contribution in [3.63, 3.8) is 0 Å². The minimum atomic E-state index is -0.218. The average Bonchev–Trinajstić information content (AvgIpc) is 2.00. The molecule has 0 spiro atoms. The van der Waals surface area contributed by atoms with Gasteiger partial charge in [-0.05, 0) is 22.0 Å². The number of aromatic nitrogens is 1. The highest BCUT2D eigenvalue weighted by molar-refractivity contribution is 9.10. The van der Waals surface area contributed by atoms with Crippen molar-refractivity contribution in [1.82, 2.24) is 4.98 Å². The van der Waals surface area contributed by atoms with E-state index >= 15 is 0 Å². The van der Waals surface area contributed by atoms with Gasteiger partial charge in [-0.2, -0.15) is 0 Å². The molecule has 0 aliphatic carbocycles. The van der Waals surface area contributed by atoms with Crippen LogP contribution in [-0.4, -0.2) is 29.3 Å². The quantitative estimate of drug-likeness (QED) is 0.837. The molecule has 1 fully saturated rings. The van der Waals surface area contributed by atoms with Gasteiger partial charge in [0.1, 0.15) is 5.82 Å². The molecule has 1 aromatic rings. The Morgan fingerprint density at radius 3 is 2.85 bits per heavy atom. The zero-order chi connectivity index (χ0) is 9.42. The normalized spacial score (nSPS) is 17.3. The van der Waals surface area contributed by atoms with Gasteiger partial charge in [0.15, 0.2) is 0 Å². The molecule has 1 aromatic heterocycles. The molecule has 0 amide bonds. The zero-order valence-electron chi connectivity index (χ0n) is 6.74. The number of pyridine rings is 1. The molecule has 1 aliphatic heterocycles. The van der Waals surface area contributed by atoms with Crippen LogP contribution in [0.4, 0.5) is 5.82 Å². The van der Waals surface area contributed by atoms with Crippen molar-refractivity contribution in [1.29, 1.82) is 0 Å². The molecule has 1 saturated heterocycles. The van der Waals surface area contributed by atoms with E-state index in [1.807, 2.05) is 4.90 Å². The molecule has 1 N–H and O–H groups in total. The number of hydrogen-bond acceptors (Lipinski definition) is 3. The Hall–Kier alpha value is -0.320. The number of anilines is 1. The predicted octanol–water partition coefficient (Wildman–Crippen LogP) is 1.68. The monoisotopic (exact) mass is 262 g/mol. The van der Waals surface area contributed by atoms with Crippen LogP contribution in [0, 0.1) is 0 Å². The van der Waals surface area contributed by atoms with Crippen LogP contribution in [0.1, 0.15) is 0 Å². The highest BCUT2D eigenvalue weighted by Gasteiger charge is 2.26. The Kier molecular flexibility index (Phi) is 2.45. The van der Waals surface area contributed by atoms with Gasteiger partial charge in [-0.1, -0.05) is 11.6 Å². The summed E-state index contributed by atoms with van der Waals surface area (Å²) in [7, 11) is 0. The van der Waals surface area contributed by atoms with Crippen molar-refractivity contribution in [2.24, 2.45) is 0 Å². The van der Waals surface area contributed by atoms with Gasteiger partial charge in [-0.25, -0.2) is 4.98 Å². The van der Waals surface area contributed by atoms with E-state index in [0.29, 0.717) is 18.1 Å². The molecule has 0 aromatic carbocycles. The van der Waals surface area contributed by atoms with E-state index in [1.165, 1.54) is 0 Å². The van der Waals surface area contributed by atoms with Crippen LogP contribution in [0.5, 0.6) is 0 Å². The van der Waals surface area contributed by atoms with Crippen molar-refractivity contribution >= 4 is 33.3 Å². The lowest BCUT2D eigenvalue weighted by molar-refractivity contribution is 0.141. The smallest absolute Gasteiger partial charge is 0.143 e. The lowest BCUT2D eigenvalue weighted by atomic mass is 10.2. The molecular weight excluding hydrogens is 255 g/mol. The highest BCUT2D eigenvalue weighted by atomic mass is 79.9. The van der Waals surface area contributed by atoms with Crippen LogP contribution in [-0.2, 0) is 0 Å². The van der Waals surface area contributed by atoms with Crippen molar-refractivity contribution in [2.45, 2.75) is 6.10 Å². The highest BCUT2D eigenvalue weighted by Crippen LogP contribution is 2.29. The Bertz CT molecular complexity index is 328. The van der Waals surface area contributed by atoms with Crippen molar-refractivity contribution < 1.29 is 5.11 Å². The lowest BCUT2D eigenvalue weighted by Gasteiger charge is -2.37. The van der Waals surface area contributed by atoms with Gasteiger partial charge in [0.2, 0.25) is 0 Å². The maximum Gasteiger partial charge on any atom is 0.143 e. The molecule has 2 rings (SSSR count). The summed E-state index contributed by atoms with van der Waals surface area (Å²) < 4.78 is 0.868. The second kappa shape index (κ2) is 3.44. The molecule has 0 unspecified atom stereocenters. The Morgan fingerprint density at radius 1 is 1.62 bits per heavy atom. The first-order chi connectivity index (χ1) is 6.16. The SMILES string of the molecule is OC1CN(c2ncc(Cl)cc2Br)C1. The van der Waals surface area contributed by atoms with Crippen LogP contribution in [0.2, 0.25) is 5.02 Å². The molecule has 2 heterocycles. The fourth-order valence-corrected chi connectivity index (χ4v) is 2.16. The average molecular weight is 264 g/mol. The van der Waals surface area contributed by atoms with E-state index in [0.717, 1.165) is 10.3 Å². The van der Waals surface area contributed by atoms with Crippen LogP contribution in [0.15, 0.2) is 16.7 Å². The van der Waals surface area contributed by atoms with E-state index in [1.54, 1.807) is 12.3 Å². The first-order valence-corrected chi connectivity index (χ1v) is 5.08. The standard InChI is InChI=1S/C8H8BrClN2O/c9-7-1-5(10)2-11-8(7)12-3-6(13)4-12/h1-2,6,13H,3-4H2. The molecule has 0 atom stereocenters. The van der Waals surface area contributed by atoms with Crippen LogP contribution in [0.3, 0.4) is 0 Å². The molecule has 13 heavy (non-hydrogen) atoms. The first kappa shape index (κ1) is 9.24. The van der Waals surface area contributed by atoms with E-state index in [9.17, 15) is 0 Å². The predicted molar refractivity (Wildman–Crippen MR) is 55.2 cm³/mol. The fourth-order valence-electron chi connectivity index (χ4n) is 1.27. The maximum absolute atomic E-state index is 9.11. The summed E-state index contributed by atoms with van der Waals surface area (Å²) in [6.45, 7) is 1.29. The summed E-state index contributed by atoms with van der Waals surface area (Å²) >= 11 is 9.12. The van der Waals surface area contributed by atoms with E-state index in [2.05, 4.69) is 20.9 Å². The summed E-state index contributed by atoms with van der Waals surface area (Å²) in [5.41, 5.74) is 0. The van der Waals surface area contributed by atoms with Gasteiger partial charge in [-0.15, -0.1) is 0 Å². The number of aliphatic hydroxyl groups excluding tert-OH is 1. The van der Waals surface area contributed by atoms with E-state index in [-0.39, 0.29) is 6.10 Å². The third kappa shape index (κ3) is 1.80. The molecule has 0 bridgehead atoms. The van der Waals surface area contributed by atoms with Gasteiger partial charge < -0.3 is 10.0 Å². The first-order valence-electron chi connectivity index (χ1n) is 3.91. The summed E-state index contributed by atoms with van der Waals surface area (Å²) in [5.74, 6) is 0.842. The number of rotatable bonds is 1. The molecule has 70 valence electrons. The number of nitrogens with zero attached hydrogens (tertiary/aromatic N) is 2. The molecule has 1 aliphatic rings. The van der Waals surface area contributed by atoms with Crippen molar-refractivity contribution in [3.05, 3.63) is 21.8 Å². The van der Waals surface area contributed by atoms with Crippen LogP contribution < -0.4 is 4.90 Å². The summed E-state index contributed by atoms with van der Waals surface area (Å²) in [6, 6.07) is 1.80. The summed E-state index contributed by atoms with van der Waals surface area (Å²) in [4.78, 5) is 6.16. The van der Waals surface area contributed by atoms with Gasteiger partial charge >= 0.3 is 0 Å². The third-order valence-corrected chi connectivity index (χ3v) is 2.74. The molecule has 5 heteroatoms. The van der Waals surface area contributed by atoms with Gasteiger partial charge in [0.25, 0.3) is 0 Å². The maximum atomic E-state index is 9.11. The minimum absolute atomic E-state index is 0.218. The zero-order valence-corrected chi connectivity index (χ0v) is 9.09. The van der Waals surface area contributed by atoms with Crippen LogP contribution in [0.25, 0.3) is 0 Å². The van der Waals surface area contributed by atoms with Crippen molar-refractivity contribution in [2.75, 3.05) is 18.0 Å². The van der Waals surface area contributed by atoms with Crippen LogP contribution >= 0.6 is 27.5 Å². The van der Waals surface area contributed by atoms with Gasteiger partial charge in [0.05, 0.1) is 15.6 Å². The Labute approximate surface area is 89.5 Å². The Balaban J connectivity index is 2.21. The molecule has 0 saturated carbocycles.